The summed E-state index contributed by atoms with van der Waals surface area (Å²) in [5, 5.41) is 7.75. The lowest BCUT2D eigenvalue weighted by atomic mass is 10.1. The van der Waals surface area contributed by atoms with Gasteiger partial charge >= 0.3 is 0 Å². The molecule has 20 heavy (non-hydrogen) atoms. The number of hydrogen-bond donors (Lipinski definition) is 1. The predicted octanol–water partition coefficient (Wildman–Crippen LogP) is 2.66. The standard InChI is InChI=1S/C13H15F3N4/c1-3-8(17)13-9(4-2)20(19-18-13)10-6-5-7(14)11(15)12(10)16/h5-6,8H,3-4,17H2,1-2H3. The summed E-state index contributed by atoms with van der Waals surface area (Å²) in [6.45, 7) is 3.72. The van der Waals surface area contributed by atoms with Gasteiger partial charge in [0.25, 0.3) is 0 Å². The monoisotopic (exact) mass is 284 g/mol. The Labute approximate surface area is 114 Å². The SMILES string of the molecule is CCc1c(C(N)CC)nnn1-c1ccc(F)c(F)c1F. The van der Waals surface area contributed by atoms with Crippen molar-refractivity contribution in [1.29, 1.82) is 0 Å². The molecule has 1 aromatic carbocycles. The first kappa shape index (κ1) is 14.5. The van der Waals surface area contributed by atoms with E-state index >= 15 is 0 Å². The van der Waals surface area contributed by atoms with Crippen molar-refractivity contribution in [2.45, 2.75) is 32.7 Å². The van der Waals surface area contributed by atoms with Gasteiger partial charge < -0.3 is 5.73 Å². The van der Waals surface area contributed by atoms with E-state index in [0.717, 1.165) is 12.1 Å². The van der Waals surface area contributed by atoms with Crippen molar-refractivity contribution < 1.29 is 13.2 Å². The molecule has 2 rings (SSSR count). The molecule has 0 amide bonds. The van der Waals surface area contributed by atoms with Gasteiger partial charge in [-0.2, -0.15) is 0 Å². The molecule has 2 aromatic rings. The van der Waals surface area contributed by atoms with E-state index in [0.29, 0.717) is 24.2 Å². The Morgan fingerprint density at radius 2 is 1.90 bits per heavy atom. The molecule has 0 bridgehead atoms. The van der Waals surface area contributed by atoms with Gasteiger partial charge in [-0.3, -0.25) is 0 Å². The molecule has 0 aliphatic carbocycles. The molecule has 1 unspecified atom stereocenters. The molecule has 2 N–H and O–H groups in total. The zero-order valence-electron chi connectivity index (χ0n) is 11.2. The highest BCUT2D eigenvalue weighted by Crippen LogP contribution is 2.23. The molecule has 0 aliphatic heterocycles. The number of aromatic nitrogens is 3. The van der Waals surface area contributed by atoms with Crippen molar-refractivity contribution in [1.82, 2.24) is 15.0 Å². The highest BCUT2D eigenvalue weighted by atomic mass is 19.2. The summed E-state index contributed by atoms with van der Waals surface area (Å²) < 4.78 is 41.3. The summed E-state index contributed by atoms with van der Waals surface area (Å²) in [6, 6.07) is 1.66. The fourth-order valence-corrected chi connectivity index (χ4v) is 2.00. The van der Waals surface area contributed by atoms with Gasteiger partial charge in [-0.15, -0.1) is 5.10 Å². The van der Waals surface area contributed by atoms with Crippen LogP contribution in [0.2, 0.25) is 0 Å². The maximum Gasteiger partial charge on any atom is 0.196 e. The zero-order chi connectivity index (χ0) is 14.9. The molecule has 1 heterocycles. The second kappa shape index (κ2) is 5.62. The zero-order valence-corrected chi connectivity index (χ0v) is 11.2. The Bertz CT molecular complexity index is 624. The van der Waals surface area contributed by atoms with E-state index in [2.05, 4.69) is 10.3 Å². The molecule has 1 atom stereocenters. The van der Waals surface area contributed by atoms with Crippen LogP contribution in [0.3, 0.4) is 0 Å². The maximum atomic E-state index is 13.8. The van der Waals surface area contributed by atoms with Crippen LogP contribution in [0.5, 0.6) is 0 Å². The smallest absolute Gasteiger partial charge is 0.196 e. The first-order chi connectivity index (χ1) is 9.51. The fraction of sp³-hybridized carbons (Fsp3) is 0.385. The number of benzene rings is 1. The molecular formula is C13H15F3N4. The first-order valence-electron chi connectivity index (χ1n) is 6.35. The second-order valence-corrected chi connectivity index (χ2v) is 4.40. The number of halogens is 3. The third-order valence-corrected chi connectivity index (χ3v) is 3.16. The molecule has 4 nitrogen and oxygen atoms in total. The Kier molecular flexibility index (Phi) is 4.08. The van der Waals surface area contributed by atoms with E-state index in [1.165, 1.54) is 4.68 Å². The van der Waals surface area contributed by atoms with Crippen LogP contribution in [0.15, 0.2) is 12.1 Å². The summed E-state index contributed by atoms with van der Waals surface area (Å²) in [4.78, 5) is 0. The van der Waals surface area contributed by atoms with Gasteiger partial charge in [-0.1, -0.05) is 19.1 Å². The largest absolute Gasteiger partial charge is 0.323 e. The van der Waals surface area contributed by atoms with Gasteiger partial charge in [-0.05, 0) is 25.0 Å². The highest BCUT2D eigenvalue weighted by Gasteiger charge is 2.21. The molecular weight excluding hydrogens is 269 g/mol. The fourth-order valence-electron chi connectivity index (χ4n) is 2.00. The van der Waals surface area contributed by atoms with Crippen molar-refractivity contribution in [3.05, 3.63) is 41.0 Å². The topological polar surface area (TPSA) is 56.7 Å². The summed E-state index contributed by atoms with van der Waals surface area (Å²) in [6.07, 6.45) is 1.14. The molecule has 0 aliphatic rings. The van der Waals surface area contributed by atoms with Crippen LogP contribution in [0.1, 0.15) is 37.7 Å². The molecule has 0 fully saturated rings. The normalized spacial score (nSPS) is 12.7. The second-order valence-electron chi connectivity index (χ2n) is 4.40. The molecule has 108 valence electrons. The summed E-state index contributed by atoms with van der Waals surface area (Å²) in [7, 11) is 0. The van der Waals surface area contributed by atoms with E-state index in [4.69, 9.17) is 5.73 Å². The minimum absolute atomic E-state index is 0.178. The summed E-state index contributed by atoms with van der Waals surface area (Å²) >= 11 is 0. The van der Waals surface area contributed by atoms with Crippen LogP contribution >= 0.6 is 0 Å². The molecule has 0 saturated carbocycles. The minimum atomic E-state index is -1.53. The van der Waals surface area contributed by atoms with Crippen LogP contribution in [0.4, 0.5) is 13.2 Å². The van der Waals surface area contributed by atoms with Crippen molar-refractivity contribution in [3.8, 4) is 5.69 Å². The van der Waals surface area contributed by atoms with Crippen LogP contribution < -0.4 is 5.73 Å². The molecule has 7 heteroatoms. The number of rotatable bonds is 4. The number of hydrogen-bond acceptors (Lipinski definition) is 3. The van der Waals surface area contributed by atoms with E-state index < -0.39 is 17.5 Å². The van der Waals surface area contributed by atoms with E-state index in [9.17, 15) is 13.2 Å². The molecule has 0 saturated heterocycles. The Hall–Kier alpha value is -1.89. The lowest BCUT2D eigenvalue weighted by Crippen LogP contribution is -2.13. The Morgan fingerprint density at radius 1 is 1.20 bits per heavy atom. The first-order valence-corrected chi connectivity index (χ1v) is 6.35. The lowest BCUT2D eigenvalue weighted by Gasteiger charge is -2.10. The summed E-state index contributed by atoms with van der Waals surface area (Å²) in [5.74, 6) is -4.06. The third-order valence-electron chi connectivity index (χ3n) is 3.16. The lowest BCUT2D eigenvalue weighted by molar-refractivity contribution is 0.442. The van der Waals surface area contributed by atoms with E-state index in [1.807, 2.05) is 13.8 Å². The van der Waals surface area contributed by atoms with Crippen LogP contribution in [0.25, 0.3) is 5.69 Å². The average molecular weight is 284 g/mol. The van der Waals surface area contributed by atoms with Gasteiger partial charge in [0, 0.05) is 0 Å². The molecule has 1 aromatic heterocycles. The van der Waals surface area contributed by atoms with E-state index in [-0.39, 0.29) is 11.7 Å². The van der Waals surface area contributed by atoms with Crippen LogP contribution in [-0.4, -0.2) is 15.0 Å². The minimum Gasteiger partial charge on any atom is -0.323 e. The van der Waals surface area contributed by atoms with Gasteiger partial charge in [-0.25, -0.2) is 17.9 Å². The van der Waals surface area contributed by atoms with Crippen molar-refractivity contribution in [2.24, 2.45) is 5.73 Å². The summed E-state index contributed by atoms with van der Waals surface area (Å²) in [5.41, 5.74) is 6.86. The van der Waals surface area contributed by atoms with Gasteiger partial charge in [0.05, 0.1) is 11.7 Å². The highest BCUT2D eigenvalue weighted by molar-refractivity contribution is 5.36. The van der Waals surface area contributed by atoms with E-state index in [1.54, 1.807) is 0 Å². The van der Waals surface area contributed by atoms with Gasteiger partial charge in [0.15, 0.2) is 17.5 Å². The van der Waals surface area contributed by atoms with Gasteiger partial charge in [0.1, 0.15) is 11.4 Å². The third kappa shape index (κ3) is 2.29. The molecule has 0 spiro atoms. The average Bonchev–Trinajstić information content (AvgIpc) is 2.87. The van der Waals surface area contributed by atoms with Gasteiger partial charge in [0.2, 0.25) is 0 Å². The van der Waals surface area contributed by atoms with Crippen molar-refractivity contribution >= 4 is 0 Å². The number of nitrogens with zero attached hydrogens (tertiary/aromatic N) is 3. The maximum absolute atomic E-state index is 13.8. The Morgan fingerprint density at radius 3 is 2.50 bits per heavy atom. The molecule has 0 radical (unpaired) electrons. The predicted molar refractivity (Wildman–Crippen MR) is 67.8 cm³/mol. The Balaban J connectivity index is 2.59. The van der Waals surface area contributed by atoms with Crippen LogP contribution in [-0.2, 0) is 6.42 Å². The van der Waals surface area contributed by atoms with Crippen LogP contribution in [0, 0.1) is 17.5 Å². The number of nitrogens with two attached hydrogens (primary N) is 1. The quantitative estimate of drug-likeness (QED) is 0.878. The van der Waals surface area contributed by atoms with Crippen molar-refractivity contribution in [2.75, 3.05) is 0 Å². The van der Waals surface area contributed by atoms with Crippen molar-refractivity contribution in [3.63, 3.8) is 0 Å².